The van der Waals surface area contributed by atoms with Gasteiger partial charge in [0.15, 0.2) is 0 Å². The summed E-state index contributed by atoms with van der Waals surface area (Å²) >= 11 is 0. The van der Waals surface area contributed by atoms with E-state index in [9.17, 15) is 9.18 Å². The topological polar surface area (TPSA) is 78.6 Å². The molecule has 1 aromatic rings. The van der Waals surface area contributed by atoms with Crippen LogP contribution in [0, 0.1) is 5.82 Å². The van der Waals surface area contributed by atoms with Gasteiger partial charge in [0, 0.05) is 12.6 Å². The van der Waals surface area contributed by atoms with Crippen molar-refractivity contribution in [1.82, 2.24) is 4.90 Å². The molecule has 1 aliphatic carbocycles. The molecule has 0 bridgehead atoms. The van der Waals surface area contributed by atoms with Gasteiger partial charge < -0.3 is 16.2 Å². The zero-order valence-corrected chi connectivity index (χ0v) is 10.6. The highest BCUT2D eigenvalue weighted by Crippen LogP contribution is 2.26. The molecule has 4 N–H and O–H groups in total. The van der Waals surface area contributed by atoms with Crippen molar-refractivity contribution >= 4 is 17.3 Å². The molecule has 104 valence electrons. The second kappa shape index (κ2) is 5.99. The highest BCUT2D eigenvalue weighted by atomic mass is 19.1. The lowest BCUT2D eigenvalue weighted by molar-refractivity contribution is -0.117. The molecule has 0 radical (unpaired) electrons. The Morgan fingerprint density at radius 2 is 2.26 bits per heavy atom. The monoisotopic (exact) mass is 267 g/mol. The minimum Gasteiger partial charge on any atom is -0.397 e. The number of benzene rings is 1. The van der Waals surface area contributed by atoms with E-state index in [4.69, 9.17) is 10.8 Å². The number of anilines is 2. The zero-order chi connectivity index (χ0) is 13.8. The fourth-order valence-electron chi connectivity index (χ4n) is 1.97. The van der Waals surface area contributed by atoms with E-state index in [1.165, 1.54) is 18.2 Å². The molecule has 6 heteroatoms. The molecule has 1 aliphatic rings. The molecule has 1 aromatic carbocycles. The standard InChI is InChI=1S/C13H18FN3O2/c14-9-1-4-11(15)12(7-9)16-13(19)8-17(5-6-18)10-2-3-10/h1,4,7,10,18H,2-3,5-6,8,15H2,(H,16,19). The Morgan fingerprint density at radius 1 is 1.53 bits per heavy atom. The van der Waals surface area contributed by atoms with Crippen LogP contribution in [0.15, 0.2) is 18.2 Å². The minimum absolute atomic E-state index is 0.0197. The summed E-state index contributed by atoms with van der Waals surface area (Å²) in [6.45, 7) is 0.670. The number of halogens is 1. The van der Waals surface area contributed by atoms with Crippen LogP contribution in [0.25, 0.3) is 0 Å². The average Bonchev–Trinajstić information content (AvgIpc) is 3.17. The number of hydrogen-bond donors (Lipinski definition) is 3. The van der Waals surface area contributed by atoms with Crippen LogP contribution in [0.3, 0.4) is 0 Å². The first-order valence-electron chi connectivity index (χ1n) is 6.30. The Kier molecular flexibility index (Phi) is 4.34. The van der Waals surface area contributed by atoms with Crippen LogP contribution in [0.5, 0.6) is 0 Å². The highest BCUT2D eigenvalue weighted by Gasteiger charge is 2.29. The van der Waals surface area contributed by atoms with Crippen LogP contribution in [-0.4, -0.2) is 41.7 Å². The number of nitrogen functional groups attached to an aromatic ring is 1. The molecule has 5 nitrogen and oxygen atoms in total. The van der Waals surface area contributed by atoms with E-state index in [1.54, 1.807) is 0 Å². The number of rotatable bonds is 6. The van der Waals surface area contributed by atoms with Crippen molar-refractivity contribution in [2.45, 2.75) is 18.9 Å². The fourth-order valence-corrected chi connectivity index (χ4v) is 1.97. The van der Waals surface area contributed by atoms with E-state index in [0.717, 1.165) is 12.8 Å². The minimum atomic E-state index is -0.445. The van der Waals surface area contributed by atoms with Crippen molar-refractivity contribution < 1.29 is 14.3 Å². The van der Waals surface area contributed by atoms with Gasteiger partial charge in [0.05, 0.1) is 24.5 Å². The van der Waals surface area contributed by atoms with E-state index >= 15 is 0 Å². The van der Waals surface area contributed by atoms with Gasteiger partial charge in [-0.2, -0.15) is 0 Å². The van der Waals surface area contributed by atoms with Crippen molar-refractivity contribution in [3.63, 3.8) is 0 Å². The first-order valence-corrected chi connectivity index (χ1v) is 6.30. The number of hydrogen-bond acceptors (Lipinski definition) is 4. The lowest BCUT2D eigenvalue weighted by atomic mass is 10.2. The number of carbonyl (C=O) groups is 1. The third-order valence-electron chi connectivity index (χ3n) is 3.09. The molecule has 0 atom stereocenters. The van der Waals surface area contributed by atoms with E-state index in [-0.39, 0.29) is 24.7 Å². The maximum Gasteiger partial charge on any atom is 0.238 e. The van der Waals surface area contributed by atoms with Crippen molar-refractivity contribution in [3.05, 3.63) is 24.0 Å². The van der Waals surface area contributed by atoms with Gasteiger partial charge in [-0.1, -0.05) is 0 Å². The Labute approximate surface area is 111 Å². The molecule has 0 aliphatic heterocycles. The fraction of sp³-hybridized carbons (Fsp3) is 0.462. The zero-order valence-electron chi connectivity index (χ0n) is 10.6. The average molecular weight is 267 g/mol. The third-order valence-corrected chi connectivity index (χ3v) is 3.09. The van der Waals surface area contributed by atoms with Gasteiger partial charge >= 0.3 is 0 Å². The molecule has 19 heavy (non-hydrogen) atoms. The van der Waals surface area contributed by atoms with E-state index < -0.39 is 5.82 Å². The quantitative estimate of drug-likeness (QED) is 0.666. The van der Waals surface area contributed by atoms with E-state index in [0.29, 0.717) is 18.3 Å². The van der Waals surface area contributed by atoms with Gasteiger partial charge in [0.25, 0.3) is 0 Å². The third kappa shape index (κ3) is 3.90. The summed E-state index contributed by atoms with van der Waals surface area (Å²) in [5.41, 5.74) is 6.28. The largest absolute Gasteiger partial charge is 0.397 e. The van der Waals surface area contributed by atoms with Gasteiger partial charge in [0.1, 0.15) is 5.82 Å². The normalized spacial score (nSPS) is 14.7. The maximum absolute atomic E-state index is 13.1. The van der Waals surface area contributed by atoms with Crippen LogP contribution in [-0.2, 0) is 4.79 Å². The van der Waals surface area contributed by atoms with E-state index in [1.807, 2.05) is 4.90 Å². The van der Waals surface area contributed by atoms with Gasteiger partial charge in [-0.15, -0.1) is 0 Å². The van der Waals surface area contributed by atoms with Crippen molar-refractivity contribution in [3.8, 4) is 0 Å². The number of amides is 1. The summed E-state index contributed by atoms with van der Waals surface area (Å²) < 4.78 is 13.1. The Morgan fingerprint density at radius 3 is 2.89 bits per heavy atom. The molecular weight excluding hydrogens is 249 g/mol. The summed E-state index contributed by atoms with van der Waals surface area (Å²) in [5, 5.41) is 11.5. The predicted octanol–water partition coefficient (Wildman–Crippen LogP) is 0.803. The van der Waals surface area contributed by atoms with Crippen molar-refractivity contribution in [2.24, 2.45) is 0 Å². The molecule has 2 rings (SSSR count). The maximum atomic E-state index is 13.1. The van der Waals surface area contributed by atoms with Crippen LogP contribution >= 0.6 is 0 Å². The van der Waals surface area contributed by atoms with Crippen LogP contribution in [0.4, 0.5) is 15.8 Å². The number of carbonyl (C=O) groups excluding carboxylic acids is 1. The van der Waals surface area contributed by atoms with Crippen molar-refractivity contribution in [1.29, 1.82) is 0 Å². The first-order chi connectivity index (χ1) is 9.10. The van der Waals surface area contributed by atoms with Gasteiger partial charge in [-0.05, 0) is 31.0 Å². The summed E-state index contributed by atoms with van der Waals surface area (Å²) in [6.07, 6.45) is 2.10. The molecule has 0 aromatic heterocycles. The first kappa shape index (κ1) is 13.8. The smallest absolute Gasteiger partial charge is 0.238 e. The second-order valence-corrected chi connectivity index (χ2v) is 4.71. The second-order valence-electron chi connectivity index (χ2n) is 4.71. The van der Waals surface area contributed by atoms with Crippen LogP contribution < -0.4 is 11.1 Å². The van der Waals surface area contributed by atoms with Crippen molar-refractivity contribution in [2.75, 3.05) is 30.7 Å². The van der Waals surface area contributed by atoms with Gasteiger partial charge in [-0.25, -0.2) is 4.39 Å². The molecule has 0 heterocycles. The van der Waals surface area contributed by atoms with Gasteiger partial charge in [-0.3, -0.25) is 9.69 Å². The Bertz CT molecular complexity index is 463. The number of nitrogens with one attached hydrogen (secondary N) is 1. The molecule has 1 saturated carbocycles. The number of aliphatic hydroxyl groups is 1. The highest BCUT2D eigenvalue weighted by molar-refractivity contribution is 5.95. The number of nitrogens with two attached hydrogens (primary N) is 1. The molecule has 0 spiro atoms. The van der Waals surface area contributed by atoms with Crippen LogP contribution in [0.2, 0.25) is 0 Å². The summed E-state index contributed by atoms with van der Waals surface area (Å²) in [6, 6.07) is 4.23. The lowest BCUT2D eigenvalue weighted by Crippen LogP contribution is -2.36. The summed E-state index contributed by atoms with van der Waals surface area (Å²) in [4.78, 5) is 13.8. The number of aliphatic hydroxyl groups excluding tert-OH is 1. The Hall–Kier alpha value is -1.66. The summed E-state index contributed by atoms with van der Waals surface area (Å²) in [7, 11) is 0. The molecule has 1 fully saturated rings. The SMILES string of the molecule is Nc1ccc(F)cc1NC(=O)CN(CCO)C1CC1. The lowest BCUT2D eigenvalue weighted by Gasteiger charge is -2.20. The van der Waals surface area contributed by atoms with Crippen LogP contribution in [0.1, 0.15) is 12.8 Å². The number of nitrogens with zero attached hydrogens (tertiary/aromatic N) is 1. The molecule has 1 amide bonds. The molecule has 0 saturated heterocycles. The van der Waals surface area contributed by atoms with Gasteiger partial charge in [0.2, 0.25) is 5.91 Å². The Balaban J connectivity index is 1.94. The summed E-state index contributed by atoms with van der Waals surface area (Å²) in [5.74, 6) is -0.698. The predicted molar refractivity (Wildman–Crippen MR) is 71.1 cm³/mol. The van der Waals surface area contributed by atoms with E-state index in [2.05, 4.69) is 5.32 Å². The molecular formula is C13H18FN3O2. The molecule has 0 unspecified atom stereocenters.